The maximum atomic E-state index is 11.8. The second kappa shape index (κ2) is 9.70. The third-order valence-electron chi connectivity index (χ3n) is 4.15. The van der Waals surface area contributed by atoms with Gasteiger partial charge in [0.2, 0.25) is 0 Å². The zero-order chi connectivity index (χ0) is 19.1. The van der Waals surface area contributed by atoms with Gasteiger partial charge < -0.3 is 10.1 Å². The number of fused-ring (bicyclic) bond motifs is 1. The van der Waals surface area contributed by atoms with Gasteiger partial charge in [-0.2, -0.15) is 0 Å². The number of thioether (sulfide) groups is 1. The molecule has 1 heterocycles. The molecule has 144 valence electrons. The van der Waals surface area contributed by atoms with Crippen molar-refractivity contribution >= 4 is 51.2 Å². The van der Waals surface area contributed by atoms with Crippen LogP contribution in [0.25, 0.3) is 10.2 Å². The van der Waals surface area contributed by atoms with E-state index >= 15 is 0 Å². The maximum Gasteiger partial charge on any atom is 0.321 e. The van der Waals surface area contributed by atoms with Crippen LogP contribution >= 0.6 is 23.1 Å². The van der Waals surface area contributed by atoms with Crippen LogP contribution in [0.4, 0.5) is 4.79 Å². The first-order valence-corrected chi connectivity index (χ1v) is 10.6. The second-order valence-corrected chi connectivity index (χ2v) is 8.51. The molecular formula is C18H21N3O4S2. The van der Waals surface area contributed by atoms with Gasteiger partial charge in [0.25, 0.3) is 5.91 Å². The van der Waals surface area contributed by atoms with E-state index in [9.17, 15) is 14.4 Å². The summed E-state index contributed by atoms with van der Waals surface area (Å²) in [6.07, 6.45) is 5.22. The van der Waals surface area contributed by atoms with E-state index in [1.807, 2.05) is 24.3 Å². The van der Waals surface area contributed by atoms with E-state index in [0.717, 1.165) is 40.2 Å². The van der Waals surface area contributed by atoms with E-state index in [0.29, 0.717) is 0 Å². The van der Waals surface area contributed by atoms with Crippen molar-refractivity contribution in [3.8, 4) is 0 Å². The fourth-order valence-corrected chi connectivity index (χ4v) is 4.72. The number of benzene rings is 1. The molecule has 0 unspecified atom stereocenters. The lowest BCUT2D eigenvalue weighted by atomic mass is 9.96. The molecule has 0 atom stereocenters. The monoisotopic (exact) mass is 407 g/mol. The number of nitrogens with zero attached hydrogens (tertiary/aromatic N) is 1. The molecule has 1 fully saturated rings. The van der Waals surface area contributed by atoms with Crippen LogP contribution in [-0.4, -0.2) is 41.3 Å². The van der Waals surface area contributed by atoms with Gasteiger partial charge >= 0.3 is 12.0 Å². The molecule has 0 aliphatic heterocycles. The molecule has 0 spiro atoms. The summed E-state index contributed by atoms with van der Waals surface area (Å²) >= 11 is 2.77. The lowest BCUT2D eigenvalue weighted by Gasteiger charge is -2.22. The van der Waals surface area contributed by atoms with E-state index in [4.69, 9.17) is 4.74 Å². The minimum atomic E-state index is -0.637. The Balaban J connectivity index is 1.34. The molecule has 0 bridgehead atoms. The fraction of sp³-hybridized carbons (Fsp3) is 0.444. The summed E-state index contributed by atoms with van der Waals surface area (Å²) in [4.78, 5) is 39.7. The van der Waals surface area contributed by atoms with Gasteiger partial charge in [0.1, 0.15) is 0 Å². The molecule has 2 aromatic rings. The van der Waals surface area contributed by atoms with Crippen LogP contribution < -0.4 is 10.6 Å². The van der Waals surface area contributed by atoms with E-state index < -0.39 is 24.5 Å². The summed E-state index contributed by atoms with van der Waals surface area (Å²) in [6, 6.07) is 7.31. The summed E-state index contributed by atoms with van der Waals surface area (Å²) in [6.45, 7) is -0.475. The highest BCUT2D eigenvalue weighted by atomic mass is 32.2. The number of ether oxygens (including phenoxy) is 1. The summed E-state index contributed by atoms with van der Waals surface area (Å²) in [5.74, 6) is -1.11. The molecule has 3 amide bonds. The lowest BCUT2D eigenvalue weighted by molar-refractivity contribution is -0.145. The van der Waals surface area contributed by atoms with Crippen molar-refractivity contribution in [3.63, 3.8) is 0 Å². The van der Waals surface area contributed by atoms with Gasteiger partial charge in [-0.3, -0.25) is 14.9 Å². The van der Waals surface area contributed by atoms with Gasteiger partial charge in [0.15, 0.2) is 10.9 Å². The molecule has 7 nitrogen and oxygen atoms in total. The average Bonchev–Trinajstić information content (AvgIpc) is 3.08. The number of imide groups is 1. The minimum absolute atomic E-state index is 0.0569. The van der Waals surface area contributed by atoms with Crippen LogP contribution in [0.15, 0.2) is 28.6 Å². The van der Waals surface area contributed by atoms with Gasteiger partial charge in [-0.1, -0.05) is 43.2 Å². The molecule has 9 heteroatoms. The van der Waals surface area contributed by atoms with Gasteiger partial charge in [-0.15, -0.1) is 11.3 Å². The number of rotatable bonds is 6. The largest absolute Gasteiger partial charge is 0.455 e. The minimum Gasteiger partial charge on any atom is -0.455 e. The third kappa shape index (κ3) is 6.21. The first-order chi connectivity index (χ1) is 13.1. The number of esters is 1. The van der Waals surface area contributed by atoms with Gasteiger partial charge in [-0.25, -0.2) is 9.78 Å². The highest BCUT2D eigenvalue weighted by molar-refractivity contribution is 8.01. The predicted molar refractivity (Wildman–Crippen MR) is 105 cm³/mol. The molecule has 0 saturated heterocycles. The number of urea groups is 1. The summed E-state index contributed by atoms with van der Waals surface area (Å²) in [5, 5.41) is 4.97. The normalized spacial score (nSPS) is 14.7. The van der Waals surface area contributed by atoms with Crippen LogP contribution in [0.5, 0.6) is 0 Å². The maximum absolute atomic E-state index is 11.8. The van der Waals surface area contributed by atoms with E-state index in [2.05, 4.69) is 15.6 Å². The number of nitrogens with one attached hydrogen (secondary N) is 2. The second-order valence-electron chi connectivity index (χ2n) is 6.25. The lowest BCUT2D eigenvalue weighted by Crippen LogP contribution is -2.46. The topological polar surface area (TPSA) is 97.4 Å². The number of carbonyl (C=O) groups is 3. The molecule has 27 heavy (non-hydrogen) atoms. The number of carbonyl (C=O) groups excluding carboxylic acids is 3. The average molecular weight is 408 g/mol. The molecule has 1 aliphatic carbocycles. The van der Waals surface area contributed by atoms with Crippen molar-refractivity contribution < 1.29 is 19.1 Å². The van der Waals surface area contributed by atoms with Crippen LogP contribution in [0, 0.1) is 0 Å². The summed E-state index contributed by atoms with van der Waals surface area (Å²) in [5.41, 5.74) is 0.890. The van der Waals surface area contributed by atoms with Crippen molar-refractivity contribution in [2.45, 2.75) is 42.5 Å². The van der Waals surface area contributed by atoms with Crippen molar-refractivity contribution in [3.05, 3.63) is 24.3 Å². The Morgan fingerprint density at radius 1 is 1.19 bits per heavy atom. The number of thiazole rings is 1. The first kappa shape index (κ1) is 19.6. The Hall–Kier alpha value is -2.13. The first-order valence-electron chi connectivity index (χ1n) is 8.84. The van der Waals surface area contributed by atoms with Gasteiger partial charge in [0, 0.05) is 6.04 Å². The molecule has 1 saturated carbocycles. The van der Waals surface area contributed by atoms with Crippen molar-refractivity contribution in [2.24, 2.45) is 0 Å². The molecule has 1 aromatic carbocycles. The van der Waals surface area contributed by atoms with E-state index in [1.165, 1.54) is 29.5 Å². The van der Waals surface area contributed by atoms with Crippen molar-refractivity contribution in [1.82, 2.24) is 15.6 Å². The SMILES string of the molecule is O=C(COC(=O)CSc1nc2ccccc2s1)NC(=O)NC1CCCCC1. The van der Waals surface area contributed by atoms with Crippen LogP contribution in [0.3, 0.4) is 0 Å². The predicted octanol–water partition coefficient (Wildman–Crippen LogP) is 3.09. The van der Waals surface area contributed by atoms with E-state index in [-0.39, 0.29) is 11.8 Å². The number of para-hydroxylation sites is 1. The smallest absolute Gasteiger partial charge is 0.321 e. The Morgan fingerprint density at radius 3 is 2.74 bits per heavy atom. The number of hydrogen-bond acceptors (Lipinski definition) is 7. The van der Waals surface area contributed by atoms with Crippen LogP contribution in [0.2, 0.25) is 0 Å². The van der Waals surface area contributed by atoms with Crippen LogP contribution in [-0.2, 0) is 14.3 Å². The Kier molecular flexibility index (Phi) is 7.05. The zero-order valence-corrected chi connectivity index (χ0v) is 16.4. The number of amides is 3. The van der Waals surface area contributed by atoms with Crippen molar-refractivity contribution in [1.29, 1.82) is 0 Å². The summed E-state index contributed by atoms with van der Waals surface area (Å²) in [7, 11) is 0. The molecule has 1 aromatic heterocycles. The van der Waals surface area contributed by atoms with Gasteiger partial charge in [-0.05, 0) is 25.0 Å². The molecule has 3 rings (SSSR count). The number of aromatic nitrogens is 1. The van der Waals surface area contributed by atoms with Crippen molar-refractivity contribution in [2.75, 3.05) is 12.4 Å². The molecule has 0 radical (unpaired) electrons. The Labute approximate surface area is 165 Å². The quantitative estimate of drug-likeness (QED) is 0.564. The fourth-order valence-electron chi connectivity index (χ4n) is 2.85. The molecule has 2 N–H and O–H groups in total. The Bertz CT molecular complexity index is 785. The third-order valence-corrected chi connectivity index (χ3v) is 6.30. The zero-order valence-electron chi connectivity index (χ0n) is 14.7. The Morgan fingerprint density at radius 2 is 1.96 bits per heavy atom. The standard InChI is InChI=1S/C18H21N3O4S2/c22-15(21-17(24)19-12-6-2-1-3-7-12)10-25-16(23)11-26-18-20-13-8-4-5-9-14(13)27-18/h4-5,8-9,12H,1-3,6-7,10-11H2,(H2,19,21,22,24). The van der Waals surface area contributed by atoms with Gasteiger partial charge in [0.05, 0.1) is 16.0 Å². The molecular weight excluding hydrogens is 386 g/mol. The summed E-state index contributed by atoms with van der Waals surface area (Å²) < 4.78 is 6.74. The van der Waals surface area contributed by atoms with E-state index in [1.54, 1.807) is 0 Å². The number of hydrogen-bond donors (Lipinski definition) is 2. The highest BCUT2D eigenvalue weighted by Crippen LogP contribution is 2.29. The van der Waals surface area contributed by atoms with Crippen LogP contribution in [0.1, 0.15) is 32.1 Å². The molecule has 1 aliphatic rings. The highest BCUT2D eigenvalue weighted by Gasteiger charge is 2.17.